The Labute approximate surface area is 170 Å². The Kier molecular flexibility index (Phi) is 6.54. The minimum atomic E-state index is -0.450. The second kappa shape index (κ2) is 8.53. The van der Waals surface area contributed by atoms with Gasteiger partial charge in [0.25, 0.3) is 5.19 Å². The number of ether oxygens (including phenoxy) is 2. The molecule has 1 aliphatic heterocycles. The van der Waals surface area contributed by atoms with Crippen molar-refractivity contribution in [2.75, 3.05) is 26.7 Å². The average molecular weight is 416 g/mol. The number of halogens is 1. The van der Waals surface area contributed by atoms with Gasteiger partial charge in [0.1, 0.15) is 10.8 Å². The Morgan fingerprint density at radius 1 is 1.30 bits per heavy atom. The van der Waals surface area contributed by atoms with Crippen molar-refractivity contribution in [2.24, 2.45) is 5.92 Å². The summed E-state index contributed by atoms with van der Waals surface area (Å²) < 4.78 is 10.7. The highest BCUT2D eigenvalue weighted by molar-refractivity contribution is 7.13. The third kappa shape index (κ3) is 5.96. The first-order valence-electron chi connectivity index (χ1n) is 9.66. The molecule has 0 spiro atoms. The Morgan fingerprint density at radius 2 is 1.96 bits per heavy atom. The minimum Gasteiger partial charge on any atom is -0.473 e. The standard InChI is InChI=1S/C19H30ClN3O3S/c1-19(2,3)26-18(24)22-9-7-14(8-10-22)23(11-13-5-6-13)12-15-16(20)21-17(25-4)27-15/h13-14H,5-12H2,1-4H3. The number of hydrogen-bond donors (Lipinski definition) is 0. The molecule has 6 nitrogen and oxygen atoms in total. The molecular weight excluding hydrogens is 386 g/mol. The SMILES string of the molecule is COc1nc(Cl)c(CN(CC2CC2)C2CCN(C(=O)OC(C)(C)C)CC2)s1. The zero-order chi connectivity index (χ0) is 19.6. The molecule has 8 heteroatoms. The van der Waals surface area contributed by atoms with Gasteiger partial charge in [0.15, 0.2) is 0 Å². The molecule has 2 heterocycles. The van der Waals surface area contributed by atoms with Crippen LogP contribution in [0.4, 0.5) is 4.79 Å². The Morgan fingerprint density at radius 3 is 2.48 bits per heavy atom. The van der Waals surface area contributed by atoms with E-state index in [2.05, 4.69) is 9.88 Å². The van der Waals surface area contributed by atoms with Gasteiger partial charge in [-0.1, -0.05) is 22.9 Å². The maximum Gasteiger partial charge on any atom is 0.410 e. The monoisotopic (exact) mass is 415 g/mol. The zero-order valence-corrected chi connectivity index (χ0v) is 18.2. The van der Waals surface area contributed by atoms with Crippen LogP contribution < -0.4 is 4.74 Å². The fourth-order valence-electron chi connectivity index (χ4n) is 3.40. The van der Waals surface area contributed by atoms with Crippen LogP contribution in [0.2, 0.25) is 5.15 Å². The van der Waals surface area contributed by atoms with E-state index >= 15 is 0 Å². The molecule has 0 radical (unpaired) electrons. The van der Waals surface area contributed by atoms with E-state index in [9.17, 15) is 4.79 Å². The molecule has 1 saturated heterocycles. The van der Waals surface area contributed by atoms with Crippen molar-refractivity contribution in [2.45, 2.75) is 64.6 Å². The highest BCUT2D eigenvalue weighted by atomic mass is 35.5. The lowest BCUT2D eigenvalue weighted by atomic mass is 10.0. The van der Waals surface area contributed by atoms with Gasteiger partial charge in [0.05, 0.1) is 12.0 Å². The molecule has 0 atom stereocenters. The number of rotatable bonds is 6. The molecule has 0 unspecified atom stereocenters. The van der Waals surface area contributed by atoms with Crippen molar-refractivity contribution in [1.29, 1.82) is 0 Å². The van der Waals surface area contributed by atoms with Crippen LogP contribution in [-0.2, 0) is 11.3 Å². The van der Waals surface area contributed by atoms with E-state index in [4.69, 9.17) is 21.1 Å². The summed E-state index contributed by atoms with van der Waals surface area (Å²) in [4.78, 5) is 22.0. The van der Waals surface area contributed by atoms with Crippen LogP contribution in [0, 0.1) is 5.92 Å². The average Bonchev–Trinajstić information content (AvgIpc) is 3.35. The van der Waals surface area contributed by atoms with Crippen molar-refractivity contribution in [3.8, 4) is 5.19 Å². The van der Waals surface area contributed by atoms with E-state index < -0.39 is 5.60 Å². The van der Waals surface area contributed by atoms with Crippen LogP contribution in [0.3, 0.4) is 0 Å². The number of likely N-dealkylation sites (tertiary alicyclic amines) is 1. The van der Waals surface area contributed by atoms with Crippen LogP contribution in [0.25, 0.3) is 0 Å². The van der Waals surface area contributed by atoms with Gasteiger partial charge < -0.3 is 14.4 Å². The fourth-order valence-corrected chi connectivity index (χ4v) is 4.49. The largest absolute Gasteiger partial charge is 0.473 e. The molecule has 2 fully saturated rings. The molecule has 1 saturated carbocycles. The summed E-state index contributed by atoms with van der Waals surface area (Å²) in [7, 11) is 1.62. The minimum absolute atomic E-state index is 0.204. The van der Waals surface area contributed by atoms with Crippen molar-refractivity contribution >= 4 is 29.0 Å². The van der Waals surface area contributed by atoms with Gasteiger partial charge in [0, 0.05) is 32.2 Å². The fraction of sp³-hybridized carbons (Fsp3) is 0.789. The third-order valence-electron chi connectivity index (χ3n) is 4.97. The summed E-state index contributed by atoms with van der Waals surface area (Å²) in [5.41, 5.74) is -0.450. The number of amides is 1. The highest BCUT2D eigenvalue weighted by Crippen LogP contribution is 2.35. The van der Waals surface area contributed by atoms with Crippen molar-refractivity contribution in [1.82, 2.24) is 14.8 Å². The third-order valence-corrected chi connectivity index (χ3v) is 6.40. The molecule has 3 rings (SSSR count). The van der Waals surface area contributed by atoms with Crippen LogP contribution >= 0.6 is 22.9 Å². The molecule has 27 heavy (non-hydrogen) atoms. The second-order valence-corrected chi connectivity index (χ2v) is 9.87. The molecule has 1 amide bonds. The molecule has 1 aromatic rings. The molecule has 2 aliphatic rings. The molecule has 0 bridgehead atoms. The first-order valence-corrected chi connectivity index (χ1v) is 10.9. The number of carbonyl (C=O) groups is 1. The van der Waals surface area contributed by atoms with Gasteiger partial charge in [0.2, 0.25) is 0 Å². The number of aromatic nitrogens is 1. The Balaban J connectivity index is 1.59. The van der Waals surface area contributed by atoms with E-state index in [1.807, 2.05) is 25.7 Å². The summed E-state index contributed by atoms with van der Waals surface area (Å²) >= 11 is 7.83. The molecular formula is C19H30ClN3O3S. The summed E-state index contributed by atoms with van der Waals surface area (Å²) in [5, 5.41) is 1.16. The van der Waals surface area contributed by atoms with Crippen molar-refractivity contribution in [3.63, 3.8) is 0 Å². The number of methoxy groups -OCH3 is 1. The second-order valence-electron chi connectivity index (χ2n) is 8.47. The lowest BCUT2D eigenvalue weighted by Crippen LogP contribution is -2.48. The van der Waals surface area contributed by atoms with Crippen molar-refractivity contribution < 1.29 is 14.3 Å². The summed E-state index contributed by atoms with van der Waals surface area (Å²) in [6.45, 7) is 9.08. The van der Waals surface area contributed by atoms with Gasteiger partial charge in [-0.05, 0) is 52.4 Å². The van der Waals surface area contributed by atoms with Gasteiger partial charge in [-0.3, -0.25) is 4.90 Å². The van der Waals surface area contributed by atoms with E-state index in [0.717, 1.165) is 49.8 Å². The quantitative estimate of drug-likeness (QED) is 0.688. The Hall–Kier alpha value is -1.05. The smallest absolute Gasteiger partial charge is 0.410 e. The summed E-state index contributed by atoms with van der Waals surface area (Å²) in [6, 6.07) is 0.452. The zero-order valence-electron chi connectivity index (χ0n) is 16.7. The number of carbonyl (C=O) groups excluding carboxylic acids is 1. The first-order chi connectivity index (χ1) is 12.7. The first kappa shape index (κ1) is 20.7. The molecule has 0 aromatic carbocycles. The number of nitrogens with zero attached hydrogens (tertiary/aromatic N) is 3. The van der Waals surface area contributed by atoms with Crippen LogP contribution in [0.5, 0.6) is 5.19 Å². The van der Waals surface area contributed by atoms with Gasteiger partial charge in [-0.25, -0.2) is 4.79 Å². The van der Waals surface area contributed by atoms with Gasteiger partial charge in [-0.2, -0.15) is 4.98 Å². The van der Waals surface area contributed by atoms with E-state index in [1.54, 1.807) is 7.11 Å². The molecule has 152 valence electrons. The van der Waals surface area contributed by atoms with E-state index in [1.165, 1.54) is 24.2 Å². The van der Waals surface area contributed by atoms with Crippen molar-refractivity contribution in [3.05, 3.63) is 10.0 Å². The number of thiazole rings is 1. The van der Waals surface area contributed by atoms with Gasteiger partial charge in [-0.15, -0.1) is 0 Å². The molecule has 1 aliphatic carbocycles. The van der Waals surface area contributed by atoms with Crippen LogP contribution in [0.15, 0.2) is 0 Å². The van der Waals surface area contributed by atoms with Gasteiger partial charge >= 0.3 is 6.09 Å². The Bertz CT molecular complexity index is 649. The number of hydrogen-bond acceptors (Lipinski definition) is 6. The summed E-state index contributed by atoms with van der Waals surface area (Å²) in [5.74, 6) is 0.794. The summed E-state index contributed by atoms with van der Waals surface area (Å²) in [6.07, 6.45) is 4.34. The molecule has 0 N–H and O–H groups in total. The van der Waals surface area contributed by atoms with Crippen LogP contribution in [-0.4, -0.2) is 59.3 Å². The predicted molar refractivity (Wildman–Crippen MR) is 108 cm³/mol. The number of piperidine rings is 1. The predicted octanol–water partition coefficient (Wildman–Crippen LogP) is 4.42. The normalized spacial score (nSPS) is 18.8. The lowest BCUT2D eigenvalue weighted by Gasteiger charge is -2.39. The van der Waals surface area contributed by atoms with Crippen LogP contribution in [0.1, 0.15) is 51.3 Å². The maximum atomic E-state index is 12.3. The topological polar surface area (TPSA) is 54.9 Å². The molecule has 1 aromatic heterocycles. The highest BCUT2D eigenvalue weighted by Gasteiger charge is 2.33. The lowest BCUT2D eigenvalue weighted by molar-refractivity contribution is 0.0134. The van der Waals surface area contributed by atoms with E-state index in [0.29, 0.717) is 16.4 Å². The maximum absolute atomic E-state index is 12.3. The van der Waals surface area contributed by atoms with E-state index in [-0.39, 0.29) is 6.09 Å².